The van der Waals surface area contributed by atoms with E-state index in [1.54, 1.807) is 0 Å². The monoisotopic (exact) mass is 380 g/mol. The van der Waals surface area contributed by atoms with E-state index in [-0.39, 0.29) is 5.69 Å². The van der Waals surface area contributed by atoms with Gasteiger partial charge in [-0.2, -0.15) is 13.2 Å². The highest BCUT2D eigenvalue weighted by Crippen LogP contribution is 2.35. The highest BCUT2D eigenvalue weighted by Gasteiger charge is 2.31. The minimum atomic E-state index is -4.55. The van der Waals surface area contributed by atoms with E-state index in [1.165, 1.54) is 23.5 Å². The number of aromatic amines is 1. The van der Waals surface area contributed by atoms with E-state index >= 15 is 0 Å². The number of benzene rings is 1. The minimum Gasteiger partial charge on any atom is -0.298 e. The quantitative estimate of drug-likeness (QED) is 0.697. The molecule has 1 atom stereocenters. The van der Waals surface area contributed by atoms with Crippen molar-refractivity contribution in [3.05, 3.63) is 61.1 Å². The third kappa shape index (κ3) is 2.68. The maximum Gasteiger partial charge on any atom is 0.416 e. The van der Waals surface area contributed by atoms with Crippen LogP contribution in [0.3, 0.4) is 0 Å². The zero-order valence-corrected chi connectivity index (χ0v) is 14.6. The Morgan fingerprint density at radius 2 is 2.04 bits per heavy atom. The summed E-state index contributed by atoms with van der Waals surface area (Å²) in [6, 6.07) is 4.26. The molecule has 0 aliphatic heterocycles. The molecule has 3 aromatic rings. The molecule has 1 aliphatic carbocycles. The van der Waals surface area contributed by atoms with Crippen LogP contribution in [-0.4, -0.2) is 9.55 Å². The summed E-state index contributed by atoms with van der Waals surface area (Å²) in [4.78, 5) is 29.7. The van der Waals surface area contributed by atoms with Gasteiger partial charge in [0.25, 0.3) is 5.56 Å². The largest absolute Gasteiger partial charge is 0.416 e. The van der Waals surface area contributed by atoms with Crippen LogP contribution in [0.1, 0.15) is 29.3 Å². The van der Waals surface area contributed by atoms with Crippen molar-refractivity contribution in [1.82, 2.24) is 9.55 Å². The van der Waals surface area contributed by atoms with Crippen molar-refractivity contribution in [1.29, 1.82) is 0 Å². The van der Waals surface area contributed by atoms with Crippen molar-refractivity contribution < 1.29 is 13.2 Å². The van der Waals surface area contributed by atoms with Crippen molar-refractivity contribution in [3.8, 4) is 5.69 Å². The van der Waals surface area contributed by atoms with Gasteiger partial charge in [0.05, 0.1) is 16.6 Å². The minimum absolute atomic E-state index is 0.0860. The van der Waals surface area contributed by atoms with Gasteiger partial charge in [0, 0.05) is 4.88 Å². The maximum atomic E-state index is 13.0. The van der Waals surface area contributed by atoms with E-state index in [0.29, 0.717) is 16.1 Å². The summed E-state index contributed by atoms with van der Waals surface area (Å²) in [7, 11) is 0. The molecule has 0 bridgehead atoms. The van der Waals surface area contributed by atoms with Crippen LogP contribution in [0.2, 0.25) is 0 Å². The van der Waals surface area contributed by atoms with E-state index < -0.39 is 23.0 Å². The number of fused-ring (bicyclic) bond motifs is 3. The summed E-state index contributed by atoms with van der Waals surface area (Å²) < 4.78 is 39.7. The van der Waals surface area contributed by atoms with Gasteiger partial charge in [-0.3, -0.25) is 9.78 Å². The molecule has 1 aromatic carbocycles. The van der Waals surface area contributed by atoms with Crippen molar-refractivity contribution in [2.45, 2.75) is 32.4 Å². The number of aryl methyl sites for hydroxylation is 1. The lowest BCUT2D eigenvalue weighted by molar-refractivity contribution is -0.137. The van der Waals surface area contributed by atoms with Gasteiger partial charge in [-0.05, 0) is 48.9 Å². The molecule has 0 spiro atoms. The van der Waals surface area contributed by atoms with Crippen LogP contribution >= 0.6 is 11.3 Å². The van der Waals surface area contributed by atoms with Gasteiger partial charge < -0.3 is 0 Å². The molecule has 8 heteroatoms. The first-order valence-electron chi connectivity index (χ1n) is 8.23. The van der Waals surface area contributed by atoms with Crippen molar-refractivity contribution in [3.63, 3.8) is 0 Å². The van der Waals surface area contributed by atoms with Crippen LogP contribution in [0, 0.1) is 5.92 Å². The third-order valence-corrected chi connectivity index (χ3v) is 5.95. The van der Waals surface area contributed by atoms with E-state index in [0.717, 1.165) is 46.4 Å². The molecule has 2 aromatic heterocycles. The summed E-state index contributed by atoms with van der Waals surface area (Å²) in [5.41, 5.74) is -1.35. The number of aromatic nitrogens is 2. The van der Waals surface area contributed by atoms with Crippen LogP contribution in [0.5, 0.6) is 0 Å². The summed E-state index contributed by atoms with van der Waals surface area (Å²) in [5.74, 6) is 0.507. The van der Waals surface area contributed by atoms with E-state index in [1.807, 2.05) is 0 Å². The number of rotatable bonds is 1. The van der Waals surface area contributed by atoms with Gasteiger partial charge in [0.1, 0.15) is 4.83 Å². The lowest BCUT2D eigenvalue weighted by Crippen LogP contribution is -2.33. The Bertz CT molecular complexity index is 1120. The van der Waals surface area contributed by atoms with Gasteiger partial charge in [-0.15, -0.1) is 11.3 Å². The molecule has 4 nitrogen and oxygen atoms in total. The molecule has 26 heavy (non-hydrogen) atoms. The summed E-state index contributed by atoms with van der Waals surface area (Å²) in [6.07, 6.45) is -2.02. The first kappa shape index (κ1) is 17.1. The summed E-state index contributed by atoms with van der Waals surface area (Å²) in [6.45, 7) is 2.14. The Labute approximate surface area is 149 Å². The second kappa shape index (κ2) is 5.84. The zero-order valence-electron chi connectivity index (χ0n) is 13.8. The van der Waals surface area contributed by atoms with Gasteiger partial charge in [0.15, 0.2) is 0 Å². The highest BCUT2D eigenvalue weighted by atomic mass is 32.1. The van der Waals surface area contributed by atoms with E-state index in [9.17, 15) is 22.8 Å². The SMILES string of the molecule is CC1CCc2c(sc3[nH]c(=O)n(-c4cccc(C(F)(F)F)c4)c(=O)c23)C1. The predicted molar refractivity (Wildman–Crippen MR) is 94.2 cm³/mol. The number of nitrogens with zero attached hydrogens (tertiary/aromatic N) is 1. The third-order valence-electron chi connectivity index (χ3n) is 4.78. The van der Waals surface area contributed by atoms with Crippen molar-refractivity contribution in [2.75, 3.05) is 0 Å². The fourth-order valence-corrected chi connectivity index (χ4v) is 4.87. The first-order valence-corrected chi connectivity index (χ1v) is 9.04. The molecule has 4 rings (SSSR count). The fraction of sp³-hybridized carbons (Fsp3) is 0.333. The number of hydrogen-bond acceptors (Lipinski definition) is 3. The standard InChI is InChI=1S/C18H15F3N2O2S/c1-9-5-6-12-13(7-9)26-15-14(12)16(24)23(17(25)22-15)11-4-2-3-10(8-11)18(19,20)21/h2-4,8-9H,5-7H2,1H3,(H,22,25). The Morgan fingerprint density at radius 3 is 2.77 bits per heavy atom. The van der Waals surface area contributed by atoms with Crippen molar-refractivity contribution in [2.24, 2.45) is 5.92 Å². The maximum absolute atomic E-state index is 13.0. The summed E-state index contributed by atoms with van der Waals surface area (Å²) >= 11 is 1.39. The van der Waals surface area contributed by atoms with Gasteiger partial charge >= 0.3 is 11.9 Å². The molecule has 1 aliphatic rings. The zero-order chi connectivity index (χ0) is 18.6. The Balaban J connectivity index is 1.98. The lowest BCUT2D eigenvalue weighted by Gasteiger charge is -2.17. The molecular weight excluding hydrogens is 365 g/mol. The van der Waals surface area contributed by atoms with E-state index in [4.69, 9.17) is 0 Å². The van der Waals surface area contributed by atoms with E-state index in [2.05, 4.69) is 11.9 Å². The molecular formula is C18H15F3N2O2S. The number of alkyl halides is 3. The number of nitrogens with one attached hydrogen (secondary N) is 1. The molecule has 0 radical (unpaired) electrons. The normalized spacial score (nSPS) is 17.5. The Hall–Kier alpha value is -2.35. The first-order chi connectivity index (χ1) is 12.3. The Morgan fingerprint density at radius 1 is 1.27 bits per heavy atom. The molecule has 0 fully saturated rings. The second-order valence-corrected chi connectivity index (χ2v) is 7.78. The number of thiophene rings is 1. The number of hydrogen-bond donors (Lipinski definition) is 1. The highest BCUT2D eigenvalue weighted by molar-refractivity contribution is 7.18. The van der Waals surface area contributed by atoms with Crippen LogP contribution < -0.4 is 11.2 Å². The summed E-state index contributed by atoms with van der Waals surface area (Å²) in [5, 5.41) is 0.425. The number of H-pyrrole nitrogens is 1. The molecule has 0 amide bonds. The molecule has 2 heterocycles. The average molecular weight is 380 g/mol. The van der Waals surface area contributed by atoms with Crippen molar-refractivity contribution >= 4 is 21.6 Å². The van der Waals surface area contributed by atoms with Crippen LogP contribution in [-0.2, 0) is 19.0 Å². The molecule has 1 N–H and O–H groups in total. The molecule has 0 saturated carbocycles. The predicted octanol–water partition coefficient (Wildman–Crippen LogP) is 3.88. The van der Waals surface area contributed by atoms with Crippen LogP contribution in [0.15, 0.2) is 33.9 Å². The topological polar surface area (TPSA) is 54.9 Å². The number of halogens is 3. The van der Waals surface area contributed by atoms with Crippen LogP contribution in [0.4, 0.5) is 13.2 Å². The van der Waals surface area contributed by atoms with Gasteiger partial charge in [-0.1, -0.05) is 13.0 Å². The molecule has 0 saturated heterocycles. The molecule has 136 valence electrons. The fourth-order valence-electron chi connectivity index (χ4n) is 3.48. The smallest absolute Gasteiger partial charge is 0.298 e. The lowest BCUT2D eigenvalue weighted by atomic mass is 9.89. The molecule has 1 unspecified atom stereocenters. The van der Waals surface area contributed by atoms with Crippen LogP contribution in [0.25, 0.3) is 15.9 Å². The van der Waals surface area contributed by atoms with Gasteiger partial charge in [-0.25, -0.2) is 9.36 Å². The average Bonchev–Trinajstić information content (AvgIpc) is 2.91. The van der Waals surface area contributed by atoms with Gasteiger partial charge in [0.2, 0.25) is 0 Å². The second-order valence-electron chi connectivity index (χ2n) is 6.67. The Kier molecular flexibility index (Phi) is 3.83.